The number of nitrogens with one attached hydrogen (secondary N) is 1. The molecule has 0 radical (unpaired) electrons. The van der Waals surface area contributed by atoms with E-state index in [9.17, 15) is 4.79 Å². The number of carbonyl (C=O) groups is 1. The Morgan fingerprint density at radius 3 is 2.71 bits per heavy atom. The van der Waals surface area contributed by atoms with Gasteiger partial charge in [-0.05, 0) is 51.2 Å². The van der Waals surface area contributed by atoms with Gasteiger partial charge in [-0.3, -0.25) is 10.3 Å². The van der Waals surface area contributed by atoms with Gasteiger partial charge in [0.05, 0.1) is 11.2 Å². The molecule has 1 heterocycles. The van der Waals surface area contributed by atoms with Gasteiger partial charge in [-0.25, -0.2) is 4.79 Å². The first kappa shape index (κ1) is 13.9. The molecule has 1 amide bonds. The van der Waals surface area contributed by atoms with Crippen LogP contribution >= 0.6 is 0 Å². The van der Waals surface area contributed by atoms with Crippen LogP contribution in [0.3, 0.4) is 0 Å². The summed E-state index contributed by atoms with van der Waals surface area (Å²) in [4.78, 5) is 16.4. The molecule has 110 valence electrons. The van der Waals surface area contributed by atoms with Crippen molar-refractivity contribution in [2.24, 2.45) is 0 Å². The zero-order chi connectivity index (χ0) is 15.0. The number of anilines is 1. The van der Waals surface area contributed by atoms with Gasteiger partial charge in [0, 0.05) is 11.6 Å². The summed E-state index contributed by atoms with van der Waals surface area (Å²) in [5.74, 6) is 0.623. The van der Waals surface area contributed by atoms with Crippen LogP contribution in [0.1, 0.15) is 45.1 Å². The number of nitrogens with zero attached hydrogens (tertiary/aromatic N) is 1. The van der Waals surface area contributed by atoms with Crippen LogP contribution in [0.5, 0.6) is 0 Å². The molecule has 0 spiro atoms. The third kappa shape index (κ3) is 3.15. The Hall–Kier alpha value is -2.10. The molecule has 2 aromatic rings. The molecule has 3 rings (SSSR count). The Bertz CT molecular complexity index is 685. The van der Waals surface area contributed by atoms with E-state index >= 15 is 0 Å². The SMILES string of the molecule is CC(C)(C)OC(=O)Nc1ccnc2c(C3CC3)cccc12. The normalized spacial score (nSPS) is 15.0. The highest BCUT2D eigenvalue weighted by Gasteiger charge is 2.26. The van der Waals surface area contributed by atoms with Gasteiger partial charge < -0.3 is 4.74 Å². The minimum atomic E-state index is -0.508. The summed E-state index contributed by atoms with van der Waals surface area (Å²) >= 11 is 0. The summed E-state index contributed by atoms with van der Waals surface area (Å²) in [6.45, 7) is 5.55. The number of hydrogen-bond acceptors (Lipinski definition) is 3. The lowest BCUT2D eigenvalue weighted by molar-refractivity contribution is 0.0636. The third-order valence-electron chi connectivity index (χ3n) is 3.46. The zero-order valence-corrected chi connectivity index (χ0v) is 12.6. The van der Waals surface area contributed by atoms with Crippen molar-refractivity contribution in [2.45, 2.75) is 45.1 Å². The second-order valence-electron chi connectivity index (χ2n) is 6.50. The Morgan fingerprint density at radius 2 is 2.05 bits per heavy atom. The third-order valence-corrected chi connectivity index (χ3v) is 3.46. The van der Waals surface area contributed by atoms with Gasteiger partial charge in [-0.15, -0.1) is 0 Å². The first-order valence-electron chi connectivity index (χ1n) is 7.32. The maximum absolute atomic E-state index is 11.9. The number of rotatable bonds is 2. The average molecular weight is 284 g/mol. The van der Waals surface area contributed by atoms with Crippen LogP contribution in [0.2, 0.25) is 0 Å². The molecule has 21 heavy (non-hydrogen) atoms. The smallest absolute Gasteiger partial charge is 0.412 e. The summed E-state index contributed by atoms with van der Waals surface area (Å²) in [5, 5.41) is 3.79. The molecule has 0 unspecified atom stereocenters. The fourth-order valence-electron chi connectivity index (χ4n) is 2.45. The quantitative estimate of drug-likeness (QED) is 0.885. The van der Waals surface area contributed by atoms with Crippen LogP contribution in [0.25, 0.3) is 10.9 Å². The Morgan fingerprint density at radius 1 is 1.29 bits per heavy atom. The van der Waals surface area contributed by atoms with Crippen molar-refractivity contribution in [1.82, 2.24) is 4.98 Å². The number of para-hydroxylation sites is 1. The molecule has 0 saturated heterocycles. The van der Waals surface area contributed by atoms with Crippen molar-refractivity contribution < 1.29 is 9.53 Å². The van der Waals surface area contributed by atoms with Crippen LogP contribution in [0.15, 0.2) is 30.5 Å². The van der Waals surface area contributed by atoms with Gasteiger partial charge in [-0.2, -0.15) is 0 Å². The summed E-state index contributed by atoms with van der Waals surface area (Å²) in [6.07, 6.45) is 3.75. The molecule has 1 aliphatic carbocycles. The molecular weight excluding hydrogens is 264 g/mol. The topological polar surface area (TPSA) is 51.2 Å². The fourth-order valence-corrected chi connectivity index (χ4v) is 2.45. The summed E-state index contributed by atoms with van der Waals surface area (Å²) in [7, 11) is 0. The molecule has 1 fully saturated rings. The van der Waals surface area contributed by atoms with E-state index in [1.54, 1.807) is 6.20 Å². The maximum atomic E-state index is 11.9. The first-order valence-corrected chi connectivity index (χ1v) is 7.32. The number of ether oxygens (including phenoxy) is 1. The van der Waals surface area contributed by atoms with Crippen LogP contribution in [0, 0.1) is 0 Å². The lowest BCUT2D eigenvalue weighted by Gasteiger charge is -2.20. The molecule has 1 N–H and O–H groups in total. The van der Waals surface area contributed by atoms with Crippen molar-refractivity contribution in [3.63, 3.8) is 0 Å². The van der Waals surface area contributed by atoms with E-state index in [0.29, 0.717) is 5.92 Å². The summed E-state index contributed by atoms with van der Waals surface area (Å²) in [5.41, 5.74) is 2.50. The number of pyridine rings is 1. The number of amides is 1. The molecule has 1 aromatic carbocycles. The first-order chi connectivity index (χ1) is 9.94. The van der Waals surface area contributed by atoms with E-state index in [1.165, 1.54) is 18.4 Å². The number of fused-ring (bicyclic) bond motifs is 1. The van der Waals surface area contributed by atoms with Crippen molar-refractivity contribution in [3.05, 3.63) is 36.0 Å². The van der Waals surface area contributed by atoms with E-state index < -0.39 is 11.7 Å². The highest BCUT2D eigenvalue weighted by atomic mass is 16.6. The zero-order valence-electron chi connectivity index (χ0n) is 12.6. The molecule has 0 aliphatic heterocycles. The average Bonchev–Trinajstić information content (AvgIpc) is 3.20. The molecule has 1 aliphatic rings. The molecule has 1 saturated carbocycles. The van der Waals surface area contributed by atoms with Gasteiger partial charge in [0.2, 0.25) is 0 Å². The van der Waals surface area contributed by atoms with Crippen LogP contribution in [0.4, 0.5) is 10.5 Å². The van der Waals surface area contributed by atoms with E-state index in [2.05, 4.69) is 16.4 Å². The van der Waals surface area contributed by atoms with Crippen LogP contribution in [-0.2, 0) is 4.74 Å². The van der Waals surface area contributed by atoms with Crippen LogP contribution < -0.4 is 5.32 Å². The standard InChI is InChI=1S/C17H20N2O2/c1-17(2,3)21-16(20)19-14-9-10-18-15-12(11-7-8-11)5-4-6-13(14)15/h4-6,9-11H,7-8H2,1-3H3,(H,18,19,20). The van der Waals surface area contributed by atoms with Gasteiger partial charge in [0.25, 0.3) is 0 Å². The lowest BCUT2D eigenvalue weighted by atomic mass is 10.0. The van der Waals surface area contributed by atoms with Gasteiger partial charge in [0.15, 0.2) is 0 Å². The number of hydrogen-bond donors (Lipinski definition) is 1. The Balaban J connectivity index is 1.92. The fraction of sp³-hybridized carbons (Fsp3) is 0.412. The minimum Gasteiger partial charge on any atom is -0.444 e. The molecular formula is C17H20N2O2. The van der Waals surface area contributed by atoms with Gasteiger partial charge in [0.1, 0.15) is 5.60 Å². The second kappa shape index (κ2) is 5.02. The Kier molecular flexibility index (Phi) is 3.32. The van der Waals surface area contributed by atoms with Crippen molar-refractivity contribution in [1.29, 1.82) is 0 Å². The highest BCUT2D eigenvalue weighted by molar-refractivity contribution is 5.99. The van der Waals surface area contributed by atoms with E-state index in [-0.39, 0.29) is 0 Å². The molecule has 4 nitrogen and oxygen atoms in total. The number of aromatic nitrogens is 1. The number of carbonyl (C=O) groups excluding carboxylic acids is 1. The maximum Gasteiger partial charge on any atom is 0.412 e. The van der Waals surface area contributed by atoms with E-state index in [0.717, 1.165) is 16.6 Å². The van der Waals surface area contributed by atoms with Gasteiger partial charge >= 0.3 is 6.09 Å². The lowest BCUT2D eigenvalue weighted by Crippen LogP contribution is -2.27. The van der Waals surface area contributed by atoms with Gasteiger partial charge in [-0.1, -0.05) is 18.2 Å². The highest BCUT2D eigenvalue weighted by Crippen LogP contribution is 2.43. The Labute approximate surface area is 124 Å². The van der Waals surface area contributed by atoms with Crippen LogP contribution in [-0.4, -0.2) is 16.7 Å². The van der Waals surface area contributed by atoms with Crippen molar-refractivity contribution in [3.8, 4) is 0 Å². The van der Waals surface area contributed by atoms with E-state index in [1.807, 2.05) is 39.0 Å². The number of benzene rings is 1. The predicted molar refractivity (Wildman–Crippen MR) is 83.6 cm³/mol. The summed E-state index contributed by atoms with van der Waals surface area (Å²) < 4.78 is 5.31. The molecule has 0 atom stereocenters. The molecule has 4 heteroatoms. The van der Waals surface area contributed by atoms with E-state index in [4.69, 9.17) is 4.74 Å². The predicted octanol–water partition coefficient (Wildman–Crippen LogP) is 4.46. The van der Waals surface area contributed by atoms with Crippen molar-refractivity contribution >= 4 is 22.7 Å². The monoisotopic (exact) mass is 284 g/mol. The summed E-state index contributed by atoms with van der Waals surface area (Å²) in [6, 6.07) is 7.95. The minimum absolute atomic E-state index is 0.438. The van der Waals surface area contributed by atoms with Crippen molar-refractivity contribution in [2.75, 3.05) is 5.32 Å². The molecule has 1 aromatic heterocycles. The second-order valence-corrected chi connectivity index (χ2v) is 6.50. The molecule has 0 bridgehead atoms. The largest absolute Gasteiger partial charge is 0.444 e.